The Kier molecular flexibility index (Phi) is 4.47. The zero-order valence-electron chi connectivity index (χ0n) is 12.4. The van der Waals surface area contributed by atoms with Crippen LogP contribution in [0.1, 0.15) is 40.0 Å². The standard InChI is InChI=1S/C15H23N3O2/c1-4-13-7-6-11(3)17(13)14-8-12(16-5-2)9-15(10-14)18(19)20/h8-11,13,16H,4-7H2,1-3H3. The lowest BCUT2D eigenvalue weighted by atomic mass is 10.1. The van der Waals surface area contributed by atoms with E-state index in [-0.39, 0.29) is 10.6 Å². The fraction of sp³-hybridized carbons (Fsp3) is 0.600. The van der Waals surface area contributed by atoms with Gasteiger partial charge < -0.3 is 10.2 Å². The van der Waals surface area contributed by atoms with E-state index in [1.54, 1.807) is 12.1 Å². The summed E-state index contributed by atoms with van der Waals surface area (Å²) in [7, 11) is 0. The number of nitro groups is 1. The highest BCUT2D eigenvalue weighted by atomic mass is 16.6. The monoisotopic (exact) mass is 277 g/mol. The van der Waals surface area contributed by atoms with E-state index in [9.17, 15) is 10.1 Å². The van der Waals surface area contributed by atoms with Gasteiger partial charge in [-0.3, -0.25) is 10.1 Å². The molecule has 2 atom stereocenters. The molecule has 0 spiro atoms. The quantitative estimate of drug-likeness (QED) is 0.657. The highest BCUT2D eigenvalue weighted by Crippen LogP contribution is 2.35. The van der Waals surface area contributed by atoms with Crippen molar-refractivity contribution in [2.24, 2.45) is 0 Å². The van der Waals surface area contributed by atoms with Gasteiger partial charge in [0.25, 0.3) is 5.69 Å². The third-order valence-electron chi connectivity index (χ3n) is 4.05. The Morgan fingerprint density at radius 1 is 1.35 bits per heavy atom. The molecule has 1 fully saturated rings. The number of nitro benzene ring substituents is 1. The molecule has 5 nitrogen and oxygen atoms in total. The summed E-state index contributed by atoms with van der Waals surface area (Å²) in [6, 6.07) is 6.26. The summed E-state index contributed by atoms with van der Waals surface area (Å²) in [5, 5.41) is 14.3. The third kappa shape index (κ3) is 2.86. The zero-order valence-corrected chi connectivity index (χ0v) is 12.4. The molecule has 110 valence electrons. The predicted molar refractivity (Wildman–Crippen MR) is 82.5 cm³/mol. The fourth-order valence-electron chi connectivity index (χ4n) is 3.09. The molecule has 1 heterocycles. The van der Waals surface area contributed by atoms with Crippen molar-refractivity contribution in [1.29, 1.82) is 0 Å². The van der Waals surface area contributed by atoms with Crippen molar-refractivity contribution in [2.75, 3.05) is 16.8 Å². The number of rotatable bonds is 5. The SMILES string of the molecule is CCNc1cc(N2C(C)CCC2CC)cc([N+](=O)[O-])c1. The van der Waals surface area contributed by atoms with E-state index < -0.39 is 0 Å². The molecule has 1 aliphatic rings. The predicted octanol–water partition coefficient (Wildman–Crippen LogP) is 3.79. The fourth-order valence-corrected chi connectivity index (χ4v) is 3.09. The molecule has 0 bridgehead atoms. The van der Waals surface area contributed by atoms with Gasteiger partial charge in [0, 0.05) is 42.1 Å². The molecule has 1 aliphatic heterocycles. The summed E-state index contributed by atoms with van der Waals surface area (Å²) < 4.78 is 0. The van der Waals surface area contributed by atoms with Gasteiger partial charge in [-0.05, 0) is 39.2 Å². The number of nitrogens with one attached hydrogen (secondary N) is 1. The molecule has 1 saturated heterocycles. The average molecular weight is 277 g/mol. The number of hydrogen-bond acceptors (Lipinski definition) is 4. The topological polar surface area (TPSA) is 58.4 Å². The average Bonchev–Trinajstić information content (AvgIpc) is 2.79. The van der Waals surface area contributed by atoms with Crippen LogP contribution >= 0.6 is 0 Å². The lowest BCUT2D eigenvalue weighted by molar-refractivity contribution is -0.384. The van der Waals surface area contributed by atoms with Gasteiger partial charge >= 0.3 is 0 Å². The molecular weight excluding hydrogens is 254 g/mol. The van der Waals surface area contributed by atoms with Crippen molar-refractivity contribution in [3.63, 3.8) is 0 Å². The van der Waals surface area contributed by atoms with Crippen molar-refractivity contribution in [3.8, 4) is 0 Å². The first kappa shape index (κ1) is 14.6. The number of hydrogen-bond donors (Lipinski definition) is 1. The summed E-state index contributed by atoms with van der Waals surface area (Å²) in [5.41, 5.74) is 1.95. The first-order valence-corrected chi connectivity index (χ1v) is 7.38. The van der Waals surface area contributed by atoms with Crippen LogP contribution in [0.2, 0.25) is 0 Å². The molecular formula is C15H23N3O2. The van der Waals surface area contributed by atoms with Gasteiger partial charge in [0.15, 0.2) is 0 Å². The second-order valence-electron chi connectivity index (χ2n) is 5.42. The lowest BCUT2D eigenvalue weighted by Crippen LogP contribution is -2.34. The molecule has 1 aromatic carbocycles. The number of nitrogens with zero attached hydrogens (tertiary/aromatic N) is 2. The maximum Gasteiger partial charge on any atom is 0.273 e. The first-order valence-electron chi connectivity index (χ1n) is 7.38. The second kappa shape index (κ2) is 6.11. The molecule has 5 heteroatoms. The van der Waals surface area contributed by atoms with Gasteiger partial charge in [-0.15, -0.1) is 0 Å². The molecule has 0 aromatic heterocycles. The molecule has 1 N–H and O–H groups in total. The number of benzene rings is 1. The number of non-ortho nitro benzene ring substituents is 1. The van der Waals surface area contributed by atoms with Crippen LogP contribution in [0.4, 0.5) is 17.1 Å². The summed E-state index contributed by atoms with van der Waals surface area (Å²) in [6.07, 6.45) is 3.39. The highest BCUT2D eigenvalue weighted by Gasteiger charge is 2.30. The maximum atomic E-state index is 11.1. The molecule has 1 aromatic rings. The summed E-state index contributed by atoms with van der Waals surface area (Å²) >= 11 is 0. The summed E-state index contributed by atoms with van der Waals surface area (Å²) in [4.78, 5) is 13.1. The Morgan fingerprint density at radius 3 is 2.70 bits per heavy atom. The van der Waals surface area contributed by atoms with Gasteiger partial charge in [-0.1, -0.05) is 6.92 Å². The Hall–Kier alpha value is -1.78. The van der Waals surface area contributed by atoms with Gasteiger partial charge in [-0.2, -0.15) is 0 Å². The van der Waals surface area contributed by atoms with E-state index in [1.165, 1.54) is 0 Å². The molecule has 0 saturated carbocycles. The van der Waals surface area contributed by atoms with Crippen LogP contribution in [0.25, 0.3) is 0 Å². The van der Waals surface area contributed by atoms with Crippen LogP contribution in [0, 0.1) is 10.1 Å². The van der Waals surface area contributed by atoms with E-state index in [4.69, 9.17) is 0 Å². The maximum absolute atomic E-state index is 11.1. The first-order chi connectivity index (χ1) is 9.56. The minimum Gasteiger partial charge on any atom is -0.385 e. The molecule has 0 aliphatic carbocycles. The van der Waals surface area contributed by atoms with Crippen LogP contribution in [-0.4, -0.2) is 23.6 Å². The Morgan fingerprint density at radius 2 is 2.10 bits per heavy atom. The Labute approximate surface area is 120 Å². The Bertz CT molecular complexity index is 490. The zero-order chi connectivity index (χ0) is 14.7. The van der Waals surface area contributed by atoms with Crippen molar-refractivity contribution >= 4 is 17.1 Å². The van der Waals surface area contributed by atoms with Crippen molar-refractivity contribution < 1.29 is 4.92 Å². The largest absolute Gasteiger partial charge is 0.385 e. The Balaban J connectivity index is 2.41. The van der Waals surface area contributed by atoms with E-state index in [0.29, 0.717) is 12.1 Å². The van der Waals surface area contributed by atoms with E-state index in [1.807, 2.05) is 13.0 Å². The molecule has 0 amide bonds. The van der Waals surface area contributed by atoms with Crippen molar-refractivity contribution in [1.82, 2.24) is 0 Å². The minimum absolute atomic E-state index is 0.160. The van der Waals surface area contributed by atoms with Gasteiger partial charge in [0.2, 0.25) is 0 Å². The van der Waals surface area contributed by atoms with Crippen LogP contribution < -0.4 is 10.2 Å². The smallest absolute Gasteiger partial charge is 0.273 e. The van der Waals surface area contributed by atoms with Crippen molar-refractivity contribution in [3.05, 3.63) is 28.3 Å². The molecule has 2 rings (SSSR count). The van der Waals surface area contributed by atoms with Crippen LogP contribution in [0.15, 0.2) is 18.2 Å². The van der Waals surface area contributed by atoms with Crippen molar-refractivity contribution in [2.45, 2.75) is 52.1 Å². The van der Waals surface area contributed by atoms with Crippen LogP contribution in [0.3, 0.4) is 0 Å². The molecule has 2 unspecified atom stereocenters. The molecule has 20 heavy (non-hydrogen) atoms. The van der Waals surface area contributed by atoms with Crippen LogP contribution in [-0.2, 0) is 0 Å². The minimum atomic E-state index is -0.313. The normalized spacial score (nSPS) is 22.1. The highest BCUT2D eigenvalue weighted by molar-refractivity contribution is 5.65. The number of anilines is 2. The molecule has 0 radical (unpaired) electrons. The summed E-state index contributed by atoms with van der Waals surface area (Å²) in [5.74, 6) is 0. The van der Waals surface area contributed by atoms with E-state index in [2.05, 4.69) is 24.1 Å². The van der Waals surface area contributed by atoms with Gasteiger partial charge in [0.05, 0.1) is 4.92 Å². The second-order valence-corrected chi connectivity index (χ2v) is 5.42. The van der Waals surface area contributed by atoms with E-state index >= 15 is 0 Å². The van der Waals surface area contributed by atoms with Crippen LogP contribution in [0.5, 0.6) is 0 Å². The third-order valence-corrected chi connectivity index (χ3v) is 4.05. The van der Waals surface area contributed by atoms with Gasteiger partial charge in [0.1, 0.15) is 0 Å². The van der Waals surface area contributed by atoms with E-state index in [0.717, 1.165) is 37.2 Å². The summed E-state index contributed by atoms with van der Waals surface area (Å²) in [6.45, 7) is 7.12. The van der Waals surface area contributed by atoms with Gasteiger partial charge in [-0.25, -0.2) is 0 Å². The lowest BCUT2D eigenvalue weighted by Gasteiger charge is -2.30.